The summed E-state index contributed by atoms with van der Waals surface area (Å²) in [5.41, 5.74) is 7.42. The van der Waals surface area contributed by atoms with Crippen molar-refractivity contribution in [2.24, 2.45) is 5.73 Å². The van der Waals surface area contributed by atoms with Gasteiger partial charge in [0, 0.05) is 20.0 Å². The van der Waals surface area contributed by atoms with Crippen molar-refractivity contribution < 1.29 is 9.63 Å². The molecule has 0 aromatic heterocycles. The van der Waals surface area contributed by atoms with E-state index in [4.69, 9.17) is 5.73 Å². The number of carbonyl (C=O) groups is 1. The van der Waals surface area contributed by atoms with Gasteiger partial charge in [-0.15, -0.1) is 0 Å². The molecule has 0 radical (unpaired) electrons. The van der Waals surface area contributed by atoms with E-state index in [2.05, 4.69) is 10.3 Å². The fourth-order valence-corrected chi connectivity index (χ4v) is 0.212. The van der Waals surface area contributed by atoms with Gasteiger partial charge in [-0.05, 0) is 0 Å². The van der Waals surface area contributed by atoms with Gasteiger partial charge in [0.05, 0.1) is 0 Å². The minimum atomic E-state index is -0.349. The van der Waals surface area contributed by atoms with Crippen molar-refractivity contribution in [1.82, 2.24) is 5.48 Å². The van der Waals surface area contributed by atoms with Crippen molar-refractivity contribution in [3.05, 3.63) is 0 Å². The van der Waals surface area contributed by atoms with E-state index in [1.165, 1.54) is 6.92 Å². The number of rotatable bonds is 3. The second-order valence-electron chi connectivity index (χ2n) is 1.28. The molecule has 0 aromatic carbocycles. The summed E-state index contributed by atoms with van der Waals surface area (Å²) in [7, 11) is 0. The molecular weight excluding hydrogens is 131 g/mol. The predicted molar refractivity (Wildman–Crippen MR) is 36.0 cm³/mol. The molecule has 0 rings (SSSR count). The second-order valence-corrected chi connectivity index (χ2v) is 1.28. The summed E-state index contributed by atoms with van der Waals surface area (Å²) in [6, 6.07) is 0. The number of carbonyl (C=O) groups excluding carboxylic acids is 1. The SMILES string of the molecule is CC(=O)ONCCN.[NaH]. The fraction of sp³-hybridized carbons (Fsp3) is 0.750. The van der Waals surface area contributed by atoms with E-state index in [-0.39, 0.29) is 35.5 Å². The van der Waals surface area contributed by atoms with E-state index in [1.807, 2.05) is 0 Å². The summed E-state index contributed by atoms with van der Waals surface area (Å²) in [5, 5.41) is 0. The standard InChI is InChI=1S/C4H10N2O2.Na.H/c1-4(7)8-6-3-2-5;;/h6H,2-3,5H2,1H3;;. The molecule has 0 aromatic rings. The molecule has 0 aliphatic rings. The number of nitrogens with one attached hydrogen (secondary N) is 1. The zero-order chi connectivity index (χ0) is 6.41. The van der Waals surface area contributed by atoms with Crippen LogP contribution in [-0.4, -0.2) is 48.6 Å². The van der Waals surface area contributed by atoms with E-state index < -0.39 is 0 Å². The summed E-state index contributed by atoms with van der Waals surface area (Å²) >= 11 is 0. The van der Waals surface area contributed by atoms with Crippen LogP contribution in [0.5, 0.6) is 0 Å². The normalized spacial score (nSPS) is 7.78. The van der Waals surface area contributed by atoms with Gasteiger partial charge in [-0.3, -0.25) is 4.79 Å². The van der Waals surface area contributed by atoms with E-state index >= 15 is 0 Å². The summed E-state index contributed by atoms with van der Waals surface area (Å²) in [5.74, 6) is -0.349. The van der Waals surface area contributed by atoms with Crippen molar-refractivity contribution in [3.8, 4) is 0 Å². The van der Waals surface area contributed by atoms with Crippen LogP contribution in [0.25, 0.3) is 0 Å². The van der Waals surface area contributed by atoms with E-state index in [1.54, 1.807) is 0 Å². The predicted octanol–water partition coefficient (Wildman–Crippen LogP) is -1.64. The number of nitrogens with two attached hydrogens (primary N) is 1. The Morgan fingerprint density at radius 2 is 2.33 bits per heavy atom. The summed E-state index contributed by atoms with van der Waals surface area (Å²) < 4.78 is 0. The average molecular weight is 142 g/mol. The maximum atomic E-state index is 9.99. The zero-order valence-electron chi connectivity index (χ0n) is 4.81. The molecular formula is C4H11N2NaO2. The Morgan fingerprint density at radius 3 is 2.67 bits per heavy atom. The van der Waals surface area contributed by atoms with Crippen molar-refractivity contribution >= 4 is 35.5 Å². The molecule has 0 aliphatic carbocycles. The van der Waals surface area contributed by atoms with Gasteiger partial charge in [0.25, 0.3) is 0 Å². The third-order valence-corrected chi connectivity index (χ3v) is 0.462. The Balaban J connectivity index is 0. The van der Waals surface area contributed by atoms with E-state index in [0.717, 1.165) is 0 Å². The van der Waals surface area contributed by atoms with E-state index in [0.29, 0.717) is 13.1 Å². The fourth-order valence-electron chi connectivity index (χ4n) is 0.212. The summed E-state index contributed by atoms with van der Waals surface area (Å²) in [6.45, 7) is 2.29. The van der Waals surface area contributed by atoms with Crippen LogP contribution in [0.2, 0.25) is 0 Å². The first-order valence-electron chi connectivity index (χ1n) is 2.37. The van der Waals surface area contributed by atoms with Crippen LogP contribution in [0.1, 0.15) is 6.92 Å². The van der Waals surface area contributed by atoms with Crippen LogP contribution in [0, 0.1) is 0 Å². The molecule has 0 heterocycles. The third-order valence-electron chi connectivity index (χ3n) is 0.462. The molecule has 5 heteroatoms. The van der Waals surface area contributed by atoms with Crippen molar-refractivity contribution in [3.63, 3.8) is 0 Å². The van der Waals surface area contributed by atoms with Crippen molar-refractivity contribution in [2.75, 3.05) is 13.1 Å². The monoisotopic (exact) mass is 142 g/mol. The molecule has 0 bridgehead atoms. The Hall–Kier alpha value is 0.390. The number of hydrogen-bond acceptors (Lipinski definition) is 4. The van der Waals surface area contributed by atoms with Gasteiger partial charge in [0.15, 0.2) is 0 Å². The van der Waals surface area contributed by atoms with Gasteiger partial charge in [0.1, 0.15) is 0 Å². The quantitative estimate of drug-likeness (QED) is 0.282. The van der Waals surface area contributed by atoms with E-state index in [9.17, 15) is 4.79 Å². The van der Waals surface area contributed by atoms with Gasteiger partial charge in [0.2, 0.25) is 0 Å². The first kappa shape index (κ1) is 12.1. The molecule has 9 heavy (non-hydrogen) atoms. The van der Waals surface area contributed by atoms with Gasteiger partial charge in [-0.1, -0.05) is 0 Å². The molecule has 0 fully saturated rings. The second kappa shape index (κ2) is 8.39. The van der Waals surface area contributed by atoms with Crippen LogP contribution in [-0.2, 0) is 9.63 Å². The summed E-state index contributed by atoms with van der Waals surface area (Å²) in [4.78, 5) is 14.3. The molecule has 4 nitrogen and oxygen atoms in total. The van der Waals surface area contributed by atoms with Crippen molar-refractivity contribution in [2.45, 2.75) is 6.92 Å². The van der Waals surface area contributed by atoms with Gasteiger partial charge < -0.3 is 10.6 Å². The minimum absolute atomic E-state index is 0. The van der Waals surface area contributed by atoms with Crippen LogP contribution >= 0.6 is 0 Å². The topological polar surface area (TPSA) is 64.3 Å². The molecule has 0 unspecified atom stereocenters. The zero-order valence-corrected chi connectivity index (χ0v) is 4.81. The molecule has 0 aliphatic heterocycles. The Kier molecular flexibility index (Phi) is 11.3. The van der Waals surface area contributed by atoms with Gasteiger partial charge in [-0.25, -0.2) is 0 Å². The van der Waals surface area contributed by atoms with Crippen molar-refractivity contribution in [1.29, 1.82) is 0 Å². The third kappa shape index (κ3) is 11.8. The first-order valence-corrected chi connectivity index (χ1v) is 2.37. The van der Waals surface area contributed by atoms with Gasteiger partial charge >= 0.3 is 35.5 Å². The Morgan fingerprint density at radius 1 is 1.78 bits per heavy atom. The molecule has 0 atom stereocenters. The van der Waals surface area contributed by atoms with Crippen LogP contribution in [0.3, 0.4) is 0 Å². The molecule has 0 spiro atoms. The summed E-state index contributed by atoms with van der Waals surface area (Å²) in [6.07, 6.45) is 0. The Bertz CT molecular complexity index is 79.0. The van der Waals surface area contributed by atoms with Crippen LogP contribution in [0.15, 0.2) is 0 Å². The molecule has 0 saturated carbocycles. The first-order chi connectivity index (χ1) is 3.77. The Labute approximate surface area is 76.4 Å². The number of hydroxylamine groups is 1. The molecule has 0 saturated heterocycles. The number of hydrogen-bond donors (Lipinski definition) is 2. The average Bonchev–Trinajstić information content (AvgIpc) is 1.66. The van der Waals surface area contributed by atoms with Gasteiger partial charge in [-0.2, -0.15) is 5.48 Å². The molecule has 3 N–H and O–H groups in total. The molecule has 0 amide bonds. The molecule has 50 valence electrons. The van der Waals surface area contributed by atoms with Crippen LogP contribution < -0.4 is 11.2 Å². The van der Waals surface area contributed by atoms with Crippen LogP contribution in [0.4, 0.5) is 0 Å². The maximum absolute atomic E-state index is 9.99.